The summed E-state index contributed by atoms with van der Waals surface area (Å²) >= 11 is 1.65. The molecule has 0 saturated carbocycles. The van der Waals surface area contributed by atoms with Crippen LogP contribution in [0.3, 0.4) is 0 Å². The molecule has 1 aliphatic heterocycles. The van der Waals surface area contributed by atoms with Crippen LogP contribution in [0.2, 0.25) is 0 Å². The van der Waals surface area contributed by atoms with Gasteiger partial charge in [0.1, 0.15) is 0 Å². The molecule has 1 aromatic heterocycles. The maximum absolute atomic E-state index is 12.6. The first-order valence-corrected chi connectivity index (χ1v) is 11.3. The summed E-state index contributed by atoms with van der Waals surface area (Å²) in [5.74, 6) is -0.106. The fraction of sp³-hybridized carbons (Fsp3) is 0.333. The standard InChI is InChI=1S/C24H27N3O2S/c1-4-18-8-10-19(11-9-18)23(28)25-21-7-5-6-20(12-21)22-15-30-24(26-22)27-13-16(2)29-17(3)14-27/h5-12,15-17H,4,13-14H2,1-3H3,(H,25,28). The van der Waals surface area contributed by atoms with E-state index in [4.69, 9.17) is 9.72 Å². The predicted molar refractivity (Wildman–Crippen MR) is 124 cm³/mol. The molecule has 2 unspecified atom stereocenters. The van der Waals surface area contributed by atoms with E-state index in [9.17, 15) is 4.79 Å². The highest BCUT2D eigenvalue weighted by Crippen LogP contribution is 2.30. The first kappa shape index (κ1) is 20.6. The van der Waals surface area contributed by atoms with Crippen molar-refractivity contribution >= 4 is 28.1 Å². The highest BCUT2D eigenvalue weighted by Gasteiger charge is 2.24. The fourth-order valence-corrected chi connectivity index (χ4v) is 4.58. The average molecular weight is 422 g/mol. The number of carbonyl (C=O) groups is 1. The summed E-state index contributed by atoms with van der Waals surface area (Å²) in [6.07, 6.45) is 1.36. The molecule has 0 aliphatic carbocycles. The van der Waals surface area contributed by atoms with Gasteiger partial charge >= 0.3 is 0 Å². The lowest BCUT2D eigenvalue weighted by atomic mass is 10.1. The van der Waals surface area contributed by atoms with E-state index in [1.807, 2.05) is 48.5 Å². The van der Waals surface area contributed by atoms with Crippen LogP contribution in [0.4, 0.5) is 10.8 Å². The van der Waals surface area contributed by atoms with Crippen molar-refractivity contribution in [1.82, 2.24) is 4.98 Å². The maximum atomic E-state index is 12.6. The number of anilines is 2. The SMILES string of the molecule is CCc1ccc(C(=O)Nc2cccc(-c3csc(N4CC(C)OC(C)C4)n3)c2)cc1. The Bertz CT molecular complexity index is 1010. The van der Waals surface area contributed by atoms with E-state index in [2.05, 4.69) is 36.4 Å². The molecule has 5 nitrogen and oxygen atoms in total. The zero-order chi connectivity index (χ0) is 21.1. The molecule has 2 atom stereocenters. The van der Waals surface area contributed by atoms with Gasteiger partial charge in [-0.3, -0.25) is 4.79 Å². The number of hydrogen-bond acceptors (Lipinski definition) is 5. The number of amides is 1. The van der Waals surface area contributed by atoms with Gasteiger partial charge in [0.05, 0.1) is 17.9 Å². The van der Waals surface area contributed by atoms with Gasteiger partial charge in [-0.1, -0.05) is 31.2 Å². The summed E-state index contributed by atoms with van der Waals surface area (Å²) in [6.45, 7) is 8.00. The summed E-state index contributed by atoms with van der Waals surface area (Å²) < 4.78 is 5.83. The highest BCUT2D eigenvalue weighted by molar-refractivity contribution is 7.14. The topological polar surface area (TPSA) is 54.5 Å². The van der Waals surface area contributed by atoms with E-state index in [0.717, 1.165) is 41.6 Å². The summed E-state index contributed by atoms with van der Waals surface area (Å²) in [5.41, 5.74) is 4.55. The lowest BCUT2D eigenvalue weighted by molar-refractivity contribution is -0.00522. The number of ether oxygens (including phenoxy) is 1. The number of thiazole rings is 1. The summed E-state index contributed by atoms with van der Waals surface area (Å²) in [4.78, 5) is 19.7. The highest BCUT2D eigenvalue weighted by atomic mass is 32.1. The quantitative estimate of drug-likeness (QED) is 0.612. The van der Waals surface area contributed by atoms with Crippen LogP contribution in [-0.2, 0) is 11.2 Å². The van der Waals surface area contributed by atoms with E-state index < -0.39 is 0 Å². The molecule has 2 heterocycles. The Morgan fingerprint density at radius 3 is 2.60 bits per heavy atom. The van der Waals surface area contributed by atoms with Crippen LogP contribution >= 0.6 is 11.3 Å². The second-order valence-corrected chi connectivity index (χ2v) is 8.60. The third kappa shape index (κ3) is 4.71. The number of aryl methyl sites for hydroxylation is 1. The molecule has 156 valence electrons. The monoisotopic (exact) mass is 421 g/mol. The van der Waals surface area contributed by atoms with Crippen molar-refractivity contribution in [2.75, 3.05) is 23.3 Å². The van der Waals surface area contributed by atoms with Gasteiger partial charge in [0.2, 0.25) is 0 Å². The van der Waals surface area contributed by atoms with Crippen LogP contribution in [0, 0.1) is 0 Å². The minimum atomic E-state index is -0.106. The summed E-state index contributed by atoms with van der Waals surface area (Å²) in [6, 6.07) is 15.6. The van der Waals surface area contributed by atoms with Gasteiger partial charge in [0, 0.05) is 35.3 Å². The van der Waals surface area contributed by atoms with Crippen LogP contribution in [0.15, 0.2) is 53.9 Å². The molecular formula is C24H27N3O2S. The lowest BCUT2D eigenvalue weighted by Crippen LogP contribution is -2.45. The number of aromatic nitrogens is 1. The van der Waals surface area contributed by atoms with Crippen LogP contribution in [0.1, 0.15) is 36.7 Å². The van der Waals surface area contributed by atoms with Crippen LogP contribution < -0.4 is 10.2 Å². The number of nitrogens with one attached hydrogen (secondary N) is 1. The minimum absolute atomic E-state index is 0.106. The molecule has 3 aromatic rings. The molecule has 4 rings (SSSR count). The molecule has 2 aromatic carbocycles. The molecular weight excluding hydrogens is 394 g/mol. The second kappa shape index (κ2) is 8.98. The van der Waals surface area contributed by atoms with Crippen LogP contribution in [0.5, 0.6) is 0 Å². The second-order valence-electron chi connectivity index (χ2n) is 7.76. The van der Waals surface area contributed by atoms with Crippen LogP contribution in [-0.4, -0.2) is 36.2 Å². The molecule has 1 saturated heterocycles. The molecule has 1 N–H and O–H groups in total. The van der Waals surface area contributed by atoms with E-state index >= 15 is 0 Å². The normalized spacial score (nSPS) is 19.0. The number of rotatable bonds is 5. The van der Waals surface area contributed by atoms with E-state index in [1.54, 1.807) is 11.3 Å². The van der Waals surface area contributed by atoms with Crippen molar-refractivity contribution in [1.29, 1.82) is 0 Å². The molecule has 6 heteroatoms. The van der Waals surface area contributed by atoms with Crippen molar-refractivity contribution in [2.45, 2.75) is 39.4 Å². The van der Waals surface area contributed by atoms with E-state index in [1.165, 1.54) is 5.56 Å². The van der Waals surface area contributed by atoms with Gasteiger partial charge in [-0.15, -0.1) is 11.3 Å². The van der Waals surface area contributed by atoms with Gasteiger partial charge < -0.3 is 15.0 Å². The van der Waals surface area contributed by atoms with Crippen molar-refractivity contribution in [3.8, 4) is 11.3 Å². The van der Waals surface area contributed by atoms with Crippen LogP contribution in [0.25, 0.3) is 11.3 Å². The summed E-state index contributed by atoms with van der Waals surface area (Å²) in [7, 11) is 0. The molecule has 30 heavy (non-hydrogen) atoms. The van der Waals surface area contributed by atoms with Crippen molar-refractivity contribution < 1.29 is 9.53 Å². The maximum Gasteiger partial charge on any atom is 0.255 e. The van der Waals surface area contributed by atoms with Gasteiger partial charge in [-0.2, -0.15) is 0 Å². The molecule has 1 amide bonds. The number of carbonyl (C=O) groups excluding carboxylic acids is 1. The van der Waals surface area contributed by atoms with Gasteiger partial charge in [-0.05, 0) is 50.1 Å². The Kier molecular flexibility index (Phi) is 6.16. The fourth-order valence-electron chi connectivity index (χ4n) is 3.73. The molecule has 1 aliphatic rings. The van der Waals surface area contributed by atoms with Gasteiger partial charge in [0.15, 0.2) is 5.13 Å². The number of nitrogens with zero attached hydrogens (tertiary/aromatic N) is 2. The van der Waals surface area contributed by atoms with E-state index in [0.29, 0.717) is 5.56 Å². The number of hydrogen-bond donors (Lipinski definition) is 1. The van der Waals surface area contributed by atoms with Crippen molar-refractivity contribution in [3.05, 3.63) is 65.0 Å². The Balaban J connectivity index is 1.48. The summed E-state index contributed by atoms with van der Waals surface area (Å²) in [5, 5.41) is 6.08. The molecule has 0 radical (unpaired) electrons. The van der Waals surface area contributed by atoms with Gasteiger partial charge in [-0.25, -0.2) is 4.98 Å². The largest absolute Gasteiger partial charge is 0.372 e. The predicted octanol–water partition coefficient (Wildman–Crippen LogP) is 5.24. The van der Waals surface area contributed by atoms with Crippen molar-refractivity contribution in [2.24, 2.45) is 0 Å². The Morgan fingerprint density at radius 2 is 1.90 bits per heavy atom. The zero-order valence-electron chi connectivity index (χ0n) is 17.6. The number of morpholine rings is 1. The molecule has 0 bridgehead atoms. The average Bonchev–Trinajstić information content (AvgIpc) is 3.24. The lowest BCUT2D eigenvalue weighted by Gasteiger charge is -2.35. The molecule has 1 fully saturated rings. The van der Waals surface area contributed by atoms with Crippen molar-refractivity contribution in [3.63, 3.8) is 0 Å². The Hall–Kier alpha value is -2.70. The Morgan fingerprint density at radius 1 is 1.17 bits per heavy atom. The third-order valence-electron chi connectivity index (χ3n) is 5.22. The third-order valence-corrected chi connectivity index (χ3v) is 6.12. The van der Waals surface area contributed by atoms with Gasteiger partial charge in [0.25, 0.3) is 5.91 Å². The minimum Gasteiger partial charge on any atom is -0.372 e. The first-order chi connectivity index (χ1) is 14.5. The smallest absolute Gasteiger partial charge is 0.255 e. The Labute approximate surface area is 181 Å². The first-order valence-electron chi connectivity index (χ1n) is 10.4. The molecule has 0 spiro atoms. The number of benzene rings is 2. The zero-order valence-corrected chi connectivity index (χ0v) is 18.4. The van der Waals surface area contributed by atoms with E-state index in [-0.39, 0.29) is 18.1 Å².